The molecule has 0 fully saturated rings. The summed E-state index contributed by atoms with van der Waals surface area (Å²) in [6, 6.07) is 7.55. The van der Waals surface area contributed by atoms with Gasteiger partial charge in [-0.25, -0.2) is 0 Å². The Morgan fingerprint density at radius 2 is 2.15 bits per heavy atom. The molecule has 0 aliphatic carbocycles. The third-order valence-electron chi connectivity index (χ3n) is 1.95. The van der Waals surface area contributed by atoms with Crippen LogP contribution in [0, 0.1) is 0 Å². The monoisotopic (exact) mass is 192 g/mol. The van der Waals surface area contributed by atoms with Gasteiger partial charge in [-0.2, -0.15) is 0 Å². The maximum absolute atomic E-state index is 10.8. The van der Waals surface area contributed by atoms with E-state index in [0.29, 0.717) is 5.75 Å². The van der Waals surface area contributed by atoms with Crippen molar-refractivity contribution in [3.63, 3.8) is 0 Å². The van der Waals surface area contributed by atoms with Crippen LogP contribution in [0.1, 0.15) is 5.56 Å². The van der Waals surface area contributed by atoms with Crippen LogP contribution >= 0.6 is 0 Å². The second-order valence-corrected chi connectivity index (χ2v) is 4.64. The minimum atomic E-state index is -0.961. The predicted molar refractivity (Wildman–Crippen MR) is 51.4 cm³/mol. The molecule has 0 saturated heterocycles. The SMILES string of the molecule is O=C([O-])[S+]1CC=Cc2ccccc21. The van der Waals surface area contributed by atoms with Gasteiger partial charge in [-0.1, -0.05) is 12.1 Å². The Morgan fingerprint density at radius 1 is 1.38 bits per heavy atom. The molecule has 2 nitrogen and oxygen atoms in total. The van der Waals surface area contributed by atoms with E-state index in [1.54, 1.807) is 0 Å². The van der Waals surface area contributed by atoms with Crippen LogP contribution < -0.4 is 5.11 Å². The van der Waals surface area contributed by atoms with Gasteiger partial charge in [-0.15, -0.1) is 0 Å². The van der Waals surface area contributed by atoms with E-state index in [0.717, 1.165) is 10.5 Å². The molecule has 0 radical (unpaired) electrons. The first-order chi connectivity index (χ1) is 6.29. The van der Waals surface area contributed by atoms with Crippen LogP contribution in [-0.2, 0) is 10.9 Å². The molecule has 3 heteroatoms. The Kier molecular flexibility index (Phi) is 2.10. The third-order valence-corrected chi connectivity index (χ3v) is 3.78. The largest absolute Gasteiger partial charge is 0.504 e. The molecule has 1 heterocycles. The average molecular weight is 192 g/mol. The molecule has 66 valence electrons. The zero-order valence-electron chi connectivity index (χ0n) is 6.90. The Labute approximate surface area is 79.2 Å². The molecule has 1 aromatic carbocycles. The summed E-state index contributed by atoms with van der Waals surface area (Å²) in [5.41, 5.74) is 1.00. The van der Waals surface area contributed by atoms with Crippen LogP contribution in [0.25, 0.3) is 6.08 Å². The number of fused-ring (bicyclic) bond motifs is 1. The normalized spacial score (nSPS) is 19.5. The number of rotatable bonds is 0. The van der Waals surface area contributed by atoms with Crippen molar-refractivity contribution in [2.24, 2.45) is 0 Å². The van der Waals surface area contributed by atoms with Crippen LogP contribution in [0.4, 0.5) is 4.79 Å². The van der Waals surface area contributed by atoms with Crippen molar-refractivity contribution in [1.29, 1.82) is 0 Å². The fourth-order valence-corrected chi connectivity index (χ4v) is 2.81. The van der Waals surface area contributed by atoms with Crippen LogP contribution in [0.3, 0.4) is 0 Å². The van der Waals surface area contributed by atoms with E-state index < -0.39 is 16.2 Å². The average Bonchev–Trinajstić information content (AvgIpc) is 2.17. The van der Waals surface area contributed by atoms with Gasteiger partial charge in [0.2, 0.25) is 0 Å². The van der Waals surface area contributed by atoms with E-state index in [-0.39, 0.29) is 0 Å². The summed E-state index contributed by atoms with van der Waals surface area (Å²) in [5, 5.41) is 9.82. The molecule has 1 aliphatic rings. The third kappa shape index (κ3) is 1.47. The Bertz CT molecular complexity index is 371. The molecule has 1 aliphatic heterocycles. The lowest BCUT2D eigenvalue weighted by Gasteiger charge is -2.11. The number of hydrogen-bond donors (Lipinski definition) is 0. The molecule has 1 aromatic rings. The van der Waals surface area contributed by atoms with Gasteiger partial charge in [0, 0.05) is 5.56 Å². The minimum absolute atomic E-state index is 0.569. The van der Waals surface area contributed by atoms with Crippen molar-refractivity contribution in [2.45, 2.75) is 4.90 Å². The molecule has 0 aromatic heterocycles. The molecule has 0 N–H and O–H groups in total. The maximum atomic E-state index is 10.8. The highest BCUT2D eigenvalue weighted by Gasteiger charge is 2.27. The molecule has 0 spiro atoms. The maximum Gasteiger partial charge on any atom is 0.279 e. The quantitative estimate of drug-likeness (QED) is 0.576. The summed E-state index contributed by atoms with van der Waals surface area (Å²) in [5.74, 6) is 0.569. The second kappa shape index (κ2) is 3.26. The van der Waals surface area contributed by atoms with E-state index in [4.69, 9.17) is 0 Å². The molecular weight excluding hydrogens is 184 g/mol. The van der Waals surface area contributed by atoms with Gasteiger partial charge in [0.05, 0.1) is 10.9 Å². The van der Waals surface area contributed by atoms with E-state index in [2.05, 4.69) is 0 Å². The Morgan fingerprint density at radius 3 is 2.92 bits per heavy atom. The number of carbonyl (C=O) groups excluding carboxylic acids is 1. The standard InChI is InChI=1S/C10H8O2S/c11-10(12)13-7-3-5-8-4-1-2-6-9(8)13/h1-6H,7H2. The summed E-state index contributed by atoms with van der Waals surface area (Å²) in [4.78, 5) is 11.7. The Balaban J connectivity index is 2.49. The van der Waals surface area contributed by atoms with Gasteiger partial charge >= 0.3 is 0 Å². The van der Waals surface area contributed by atoms with Gasteiger partial charge in [0.25, 0.3) is 5.30 Å². The summed E-state index contributed by atoms with van der Waals surface area (Å²) in [6.07, 6.45) is 3.85. The highest BCUT2D eigenvalue weighted by Crippen LogP contribution is 2.24. The van der Waals surface area contributed by atoms with Crippen molar-refractivity contribution in [1.82, 2.24) is 0 Å². The van der Waals surface area contributed by atoms with Crippen molar-refractivity contribution in [2.75, 3.05) is 5.75 Å². The lowest BCUT2D eigenvalue weighted by molar-refractivity contribution is -0.233. The highest BCUT2D eigenvalue weighted by molar-refractivity contribution is 8.10. The van der Waals surface area contributed by atoms with Crippen molar-refractivity contribution < 1.29 is 9.90 Å². The highest BCUT2D eigenvalue weighted by atomic mass is 32.2. The topological polar surface area (TPSA) is 40.1 Å². The predicted octanol–water partition coefficient (Wildman–Crippen LogP) is 1.03. The number of hydrogen-bond acceptors (Lipinski definition) is 2. The first-order valence-electron chi connectivity index (χ1n) is 3.96. The molecule has 0 saturated carbocycles. The molecule has 1 atom stereocenters. The number of carboxylic acid groups (broad SMARTS) is 1. The fourth-order valence-electron chi connectivity index (χ4n) is 1.36. The first kappa shape index (κ1) is 8.38. The molecule has 13 heavy (non-hydrogen) atoms. The minimum Gasteiger partial charge on any atom is -0.504 e. The van der Waals surface area contributed by atoms with E-state index in [1.807, 2.05) is 36.4 Å². The van der Waals surface area contributed by atoms with Gasteiger partial charge < -0.3 is 9.90 Å². The number of carbonyl (C=O) groups is 1. The molecule has 0 bridgehead atoms. The van der Waals surface area contributed by atoms with Crippen LogP contribution in [0.15, 0.2) is 35.2 Å². The lowest BCUT2D eigenvalue weighted by atomic mass is 10.2. The van der Waals surface area contributed by atoms with Crippen LogP contribution in [0.2, 0.25) is 0 Å². The van der Waals surface area contributed by atoms with Crippen molar-refractivity contribution in [3.8, 4) is 0 Å². The molecular formula is C10H8O2S. The van der Waals surface area contributed by atoms with Gasteiger partial charge in [-0.3, -0.25) is 0 Å². The smallest absolute Gasteiger partial charge is 0.279 e. The lowest BCUT2D eigenvalue weighted by Crippen LogP contribution is -2.33. The van der Waals surface area contributed by atoms with Crippen LogP contribution in [0.5, 0.6) is 0 Å². The summed E-state index contributed by atoms with van der Waals surface area (Å²) < 4.78 is 0. The van der Waals surface area contributed by atoms with Gasteiger partial charge in [-0.05, 0) is 24.3 Å². The summed E-state index contributed by atoms with van der Waals surface area (Å²) in [6.45, 7) is 0. The van der Waals surface area contributed by atoms with Crippen LogP contribution in [-0.4, -0.2) is 11.1 Å². The van der Waals surface area contributed by atoms with Gasteiger partial charge in [0.1, 0.15) is 5.75 Å². The van der Waals surface area contributed by atoms with E-state index in [1.165, 1.54) is 0 Å². The fraction of sp³-hybridized carbons (Fsp3) is 0.100. The zero-order chi connectivity index (χ0) is 9.26. The van der Waals surface area contributed by atoms with Crippen molar-refractivity contribution >= 4 is 22.3 Å². The van der Waals surface area contributed by atoms with Gasteiger partial charge in [0.15, 0.2) is 4.90 Å². The molecule has 2 rings (SSSR count). The van der Waals surface area contributed by atoms with E-state index >= 15 is 0 Å². The van der Waals surface area contributed by atoms with Crippen molar-refractivity contribution in [3.05, 3.63) is 35.9 Å². The molecule has 0 amide bonds. The molecule has 1 unspecified atom stereocenters. The zero-order valence-corrected chi connectivity index (χ0v) is 7.71. The first-order valence-corrected chi connectivity index (χ1v) is 5.36. The summed E-state index contributed by atoms with van der Waals surface area (Å²) in [7, 11) is -0.753. The second-order valence-electron chi connectivity index (χ2n) is 2.75. The van der Waals surface area contributed by atoms with E-state index in [9.17, 15) is 9.90 Å². The number of benzene rings is 1. The Hall–Kier alpha value is -1.22. The summed E-state index contributed by atoms with van der Waals surface area (Å²) >= 11 is 0.